The van der Waals surface area contributed by atoms with Crippen molar-refractivity contribution in [2.45, 2.75) is 13.8 Å². The third kappa shape index (κ3) is 1.63. The summed E-state index contributed by atoms with van der Waals surface area (Å²) in [6, 6.07) is 6.46. The summed E-state index contributed by atoms with van der Waals surface area (Å²) in [5.74, 6) is 0. The van der Waals surface area contributed by atoms with E-state index < -0.39 is 0 Å². The highest BCUT2D eigenvalue weighted by Gasteiger charge is 2.03. The van der Waals surface area contributed by atoms with E-state index in [9.17, 15) is 0 Å². The zero-order valence-corrected chi connectivity index (χ0v) is 8.56. The largest absolute Gasteiger partial charge is 0.245 e. The molecule has 0 fully saturated rings. The van der Waals surface area contributed by atoms with E-state index in [1.54, 1.807) is 11.3 Å². The average molecular weight is 189 g/mol. The van der Waals surface area contributed by atoms with Crippen LogP contribution >= 0.6 is 11.3 Å². The van der Waals surface area contributed by atoms with Gasteiger partial charge in [-0.05, 0) is 25.5 Å². The first-order valence-electron chi connectivity index (χ1n) is 4.24. The maximum absolute atomic E-state index is 4.31. The van der Waals surface area contributed by atoms with Crippen molar-refractivity contribution in [3.05, 3.63) is 40.9 Å². The average Bonchev–Trinajstić information content (AvgIpc) is 2.61. The molecule has 66 valence electrons. The molecule has 0 saturated heterocycles. The molecule has 2 heteroatoms. The highest BCUT2D eigenvalue weighted by atomic mass is 32.1. The second-order valence-electron chi connectivity index (χ2n) is 3.16. The Morgan fingerprint density at radius 3 is 2.77 bits per heavy atom. The molecule has 0 spiro atoms. The zero-order chi connectivity index (χ0) is 9.26. The topological polar surface area (TPSA) is 12.9 Å². The van der Waals surface area contributed by atoms with Crippen molar-refractivity contribution in [3.63, 3.8) is 0 Å². The number of hydrogen-bond acceptors (Lipinski definition) is 2. The molecule has 0 N–H and O–H groups in total. The van der Waals surface area contributed by atoms with Gasteiger partial charge >= 0.3 is 0 Å². The molecule has 0 bridgehead atoms. The van der Waals surface area contributed by atoms with Gasteiger partial charge in [0, 0.05) is 17.1 Å². The fourth-order valence-corrected chi connectivity index (χ4v) is 2.04. The Morgan fingerprint density at radius 2 is 2.08 bits per heavy atom. The van der Waals surface area contributed by atoms with E-state index in [4.69, 9.17) is 0 Å². The van der Waals surface area contributed by atoms with E-state index in [2.05, 4.69) is 37.0 Å². The molecule has 0 aliphatic carbocycles. The van der Waals surface area contributed by atoms with Crippen molar-refractivity contribution in [1.29, 1.82) is 0 Å². The van der Waals surface area contributed by atoms with Crippen LogP contribution in [0.4, 0.5) is 0 Å². The molecular formula is C11H11NS. The van der Waals surface area contributed by atoms with Crippen LogP contribution < -0.4 is 0 Å². The summed E-state index contributed by atoms with van der Waals surface area (Å²) in [5.41, 5.74) is 3.84. The molecule has 0 radical (unpaired) electrons. The standard InChI is InChI=1S/C11H11NS/c1-8-3-4-9(2)10(7-8)11-12-5-6-13-11/h3-7H,1-2H3. The monoisotopic (exact) mass is 189 g/mol. The minimum absolute atomic E-state index is 1.11. The number of nitrogens with zero attached hydrogens (tertiary/aromatic N) is 1. The molecular weight excluding hydrogens is 178 g/mol. The van der Waals surface area contributed by atoms with Crippen LogP contribution in [-0.2, 0) is 0 Å². The van der Waals surface area contributed by atoms with Gasteiger partial charge in [-0.2, -0.15) is 0 Å². The summed E-state index contributed by atoms with van der Waals surface area (Å²) >= 11 is 1.69. The smallest absolute Gasteiger partial charge is 0.123 e. The molecule has 2 rings (SSSR count). The predicted octanol–water partition coefficient (Wildman–Crippen LogP) is 3.43. The van der Waals surface area contributed by atoms with E-state index in [0.29, 0.717) is 0 Å². The Kier molecular flexibility index (Phi) is 2.15. The molecule has 0 aliphatic heterocycles. The van der Waals surface area contributed by atoms with Crippen LogP contribution in [0.25, 0.3) is 10.6 Å². The second-order valence-corrected chi connectivity index (χ2v) is 4.05. The lowest BCUT2D eigenvalue weighted by molar-refractivity contribution is 1.35. The Labute approximate surface area is 82.1 Å². The first kappa shape index (κ1) is 8.45. The van der Waals surface area contributed by atoms with Gasteiger partial charge in [0.2, 0.25) is 0 Å². The normalized spacial score (nSPS) is 10.3. The molecule has 0 unspecified atom stereocenters. The molecule has 0 aliphatic rings. The maximum atomic E-state index is 4.31. The van der Waals surface area contributed by atoms with Crippen molar-refractivity contribution < 1.29 is 0 Å². The molecule has 1 aromatic carbocycles. The SMILES string of the molecule is Cc1ccc(C)c(-c2nccs2)c1. The van der Waals surface area contributed by atoms with E-state index >= 15 is 0 Å². The summed E-state index contributed by atoms with van der Waals surface area (Å²) in [7, 11) is 0. The molecule has 0 atom stereocenters. The quantitative estimate of drug-likeness (QED) is 0.669. The zero-order valence-electron chi connectivity index (χ0n) is 7.74. The Morgan fingerprint density at radius 1 is 1.23 bits per heavy atom. The van der Waals surface area contributed by atoms with Crippen LogP contribution in [0.1, 0.15) is 11.1 Å². The van der Waals surface area contributed by atoms with Gasteiger partial charge in [0.1, 0.15) is 5.01 Å². The van der Waals surface area contributed by atoms with Gasteiger partial charge in [0.15, 0.2) is 0 Å². The highest BCUT2D eigenvalue weighted by Crippen LogP contribution is 2.25. The van der Waals surface area contributed by atoms with Crippen LogP contribution in [0, 0.1) is 13.8 Å². The van der Waals surface area contributed by atoms with Gasteiger partial charge in [-0.15, -0.1) is 11.3 Å². The van der Waals surface area contributed by atoms with Crippen molar-refractivity contribution in [3.8, 4) is 10.6 Å². The van der Waals surface area contributed by atoms with Crippen LogP contribution in [-0.4, -0.2) is 4.98 Å². The van der Waals surface area contributed by atoms with Crippen LogP contribution in [0.5, 0.6) is 0 Å². The van der Waals surface area contributed by atoms with Gasteiger partial charge in [-0.25, -0.2) is 4.98 Å². The predicted molar refractivity (Wildman–Crippen MR) is 57.0 cm³/mol. The van der Waals surface area contributed by atoms with Gasteiger partial charge in [-0.1, -0.05) is 17.7 Å². The minimum atomic E-state index is 1.11. The molecule has 2 aromatic rings. The number of thiazole rings is 1. The van der Waals surface area contributed by atoms with Crippen LogP contribution in [0.3, 0.4) is 0 Å². The summed E-state index contributed by atoms with van der Waals surface area (Å²) in [6.45, 7) is 4.23. The summed E-state index contributed by atoms with van der Waals surface area (Å²) in [6.07, 6.45) is 1.85. The Bertz CT molecular complexity index is 404. The fraction of sp³-hybridized carbons (Fsp3) is 0.182. The molecule has 0 amide bonds. The molecule has 0 saturated carbocycles. The van der Waals surface area contributed by atoms with Crippen molar-refractivity contribution in [2.75, 3.05) is 0 Å². The van der Waals surface area contributed by atoms with Crippen LogP contribution in [0.2, 0.25) is 0 Å². The van der Waals surface area contributed by atoms with Gasteiger partial charge < -0.3 is 0 Å². The van der Waals surface area contributed by atoms with E-state index in [0.717, 1.165) is 5.01 Å². The Hall–Kier alpha value is -1.15. The summed E-state index contributed by atoms with van der Waals surface area (Å²) in [4.78, 5) is 4.31. The number of rotatable bonds is 1. The number of aryl methyl sites for hydroxylation is 2. The first-order chi connectivity index (χ1) is 6.27. The lowest BCUT2D eigenvalue weighted by Crippen LogP contribution is -1.83. The number of benzene rings is 1. The number of aromatic nitrogens is 1. The second kappa shape index (κ2) is 3.30. The Balaban J connectivity index is 2.57. The molecule has 1 nitrogen and oxygen atoms in total. The minimum Gasteiger partial charge on any atom is -0.245 e. The first-order valence-corrected chi connectivity index (χ1v) is 5.12. The highest BCUT2D eigenvalue weighted by molar-refractivity contribution is 7.13. The van der Waals surface area contributed by atoms with Crippen molar-refractivity contribution in [1.82, 2.24) is 4.98 Å². The van der Waals surface area contributed by atoms with Crippen LogP contribution in [0.15, 0.2) is 29.8 Å². The van der Waals surface area contributed by atoms with Gasteiger partial charge in [-0.3, -0.25) is 0 Å². The van der Waals surface area contributed by atoms with E-state index in [1.165, 1.54) is 16.7 Å². The molecule has 1 heterocycles. The molecule has 13 heavy (non-hydrogen) atoms. The van der Waals surface area contributed by atoms with Crippen molar-refractivity contribution >= 4 is 11.3 Å². The fourth-order valence-electron chi connectivity index (χ4n) is 1.32. The van der Waals surface area contributed by atoms with E-state index in [1.807, 2.05) is 11.6 Å². The van der Waals surface area contributed by atoms with Gasteiger partial charge in [0.05, 0.1) is 0 Å². The summed E-state index contributed by atoms with van der Waals surface area (Å²) in [5, 5.41) is 3.12. The number of hydrogen-bond donors (Lipinski definition) is 0. The molecule has 1 aromatic heterocycles. The maximum Gasteiger partial charge on any atom is 0.123 e. The van der Waals surface area contributed by atoms with E-state index in [-0.39, 0.29) is 0 Å². The third-order valence-corrected chi connectivity index (χ3v) is 2.86. The van der Waals surface area contributed by atoms with Gasteiger partial charge in [0.25, 0.3) is 0 Å². The lowest BCUT2D eigenvalue weighted by atomic mass is 10.1. The third-order valence-electron chi connectivity index (χ3n) is 2.06. The van der Waals surface area contributed by atoms with Crippen molar-refractivity contribution in [2.24, 2.45) is 0 Å². The summed E-state index contributed by atoms with van der Waals surface area (Å²) < 4.78 is 0. The lowest BCUT2D eigenvalue weighted by Gasteiger charge is -2.02.